The van der Waals surface area contributed by atoms with Gasteiger partial charge in [0.2, 0.25) is 6.43 Å². The molecule has 1 nitrogen and oxygen atoms in total. The van der Waals surface area contributed by atoms with Gasteiger partial charge in [0.25, 0.3) is 0 Å². The molecule has 0 saturated carbocycles. The fourth-order valence-corrected chi connectivity index (χ4v) is 1.62. The molecule has 2 N–H and O–H groups in total. The highest BCUT2D eigenvalue weighted by Crippen LogP contribution is 2.39. The van der Waals surface area contributed by atoms with Crippen molar-refractivity contribution in [3.05, 3.63) is 34.9 Å². The Balaban J connectivity index is 3.34. The fourth-order valence-electron chi connectivity index (χ4n) is 1.62. The number of alkyl halides is 8. The molecule has 1 atom stereocenters. The third-order valence-electron chi connectivity index (χ3n) is 2.52. The first-order valence-electron chi connectivity index (χ1n) is 5.25. The number of benzene rings is 1. The molecule has 0 fully saturated rings. The number of halogens is 8. The molecule has 114 valence electrons. The Morgan fingerprint density at radius 2 is 1.50 bits per heavy atom. The molecule has 1 rings (SSSR count). The second kappa shape index (κ2) is 5.55. The summed E-state index contributed by atoms with van der Waals surface area (Å²) in [6.45, 7) is 0. The maximum atomic E-state index is 12.7. The molecule has 9 heteroatoms. The molecule has 20 heavy (non-hydrogen) atoms. The van der Waals surface area contributed by atoms with Crippen LogP contribution in [-0.4, -0.2) is 6.43 Å². The molecule has 0 unspecified atom stereocenters. The first kappa shape index (κ1) is 16.7. The maximum absolute atomic E-state index is 12.7. The highest BCUT2D eigenvalue weighted by atomic mass is 19.4. The van der Waals surface area contributed by atoms with Crippen LogP contribution < -0.4 is 5.73 Å². The van der Waals surface area contributed by atoms with Crippen LogP contribution in [0.3, 0.4) is 0 Å². The van der Waals surface area contributed by atoms with Crippen LogP contribution in [0, 0.1) is 0 Å². The van der Waals surface area contributed by atoms with Crippen molar-refractivity contribution in [2.24, 2.45) is 5.73 Å². The highest BCUT2D eigenvalue weighted by Gasteiger charge is 2.38. The third-order valence-corrected chi connectivity index (χ3v) is 2.52. The lowest BCUT2D eigenvalue weighted by atomic mass is 9.95. The molecule has 1 aromatic carbocycles. The molecule has 0 heterocycles. The average molecular weight is 307 g/mol. The van der Waals surface area contributed by atoms with Crippen LogP contribution in [0.15, 0.2) is 18.2 Å². The van der Waals surface area contributed by atoms with Crippen molar-refractivity contribution in [3.63, 3.8) is 0 Å². The number of hydrogen-bond donors (Lipinski definition) is 1. The lowest BCUT2D eigenvalue weighted by Gasteiger charge is -2.20. The van der Waals surface area contributed by atoms with Gasteiger partial charge in [-0.25, -0.2) is 8.78 Å². The summed E-state index contributed by atoms with van der Waals surface area (Å²) in [6, 6.07) is -1.24. The van der Waals surface area contributed by atoms with Crippen LogP contribution in [-0.2, 0) is 12.4 Å². The van der Waals surface area contributed by atoms with Gasteiger partial charge in [0.1, 0.15) is 0 Å². The monoisotopic (exact) mass is 307 g/mol. The van der Waals surface area contributed by atoms with Gasteiger partial charge in [0.15, 0.2) is 0 Å². The van der Waals surface area contributed by atoms with Gasteiger partial charge < -0.3 is 5.73 Å². The molecule has 0 aromatic heterocycles. The smallest absolute Gasteiger partial charge is 0.324 e. The zero-order valence-corrected chi connectivity index (χ0v) is 9.69. The molecule has 0 spiro atoms. The van der Waals surface area contributed by atoms with E-state index >= 15 is 0 Å². The first-order chi connectivity index (χ1) is 8.93. The molecular weight excluding hydrogens is 298 g/mol. The summed E-state index contributed by atoms with van der Waals surface area (Å²) in [5.74, 6) is 0. The van der Waals surface area contributed by atoms with Gasteiger partial charge in [-0.3, -0.25) is 0 Å². The number of rotatable bonds is 3. The van der Waals surface area contributed by atoms with Crippen molar-refractivity contribution in [1.82, 2.24) is 0 Å². The summed E-state index contributed by atoms with van der Waals surface area (Å²) in [6.07, 6.45) is -14.0. The quantitative estimate of drug-likeness (QED) is 0.824. The highest BCUT2D eigenvalue weighted by molar-refractivity contribution is 5.37. The summed E-state index contributed by atoms with van der Waals surface area (Å²) in [5.41, 5.74) is 1.35. The SMILES string of the molecule is N[C@@H](CC(F)F)c1cc(C(F)(F)F)ccc1C(F)(F)F. The number of nitrogens with two attached hydrogens (primary N) is 1. The molecule has 0 saturated heterocycles. The van der Waals surface area contributed by atoms with Crippen LogP contribution in [0.5, 0.6) is 0 Å². The van der Waals surface area contributed by atoms with E-state index in [1.165, 1.54) is 0 Å². The summed E-state index contributed by atoms with van der Waals surface area (Å²) in [5, 5.41) is 0. The zero-order valence-electron chi connectivity index (χ0n) is 9.69. The molecular formula is C11H9F8N. The van der Waals surface area contributed by atoms with Crippen molar-refractivity contribution in [2.45, 2.75) is 31.2 Å². The zero-order chi connectivity index (χ0) is 15.7. The van der Waals surface area contributed by atoms with E-state index in [1.54, 1.807) is 0 Å². The second-order valence-corrected chi connectivity index (χ2v) is 4.03. The standard InChI is InChI=1S/C11H9F8N/c12-9(13)4-8(20)6-3-5(10(14,15)16)1-2-7(6)11(17,18)19/h1-3,8-9H,4,20H2/t8-/m0/s1. The van der Waals surface area contributed by atoms with E-state index in [9.17, 15) is 35.1 Å². The second-order valence-electron chi connectivity index (χ2n) is 4.03. The largest absolute Gasteiger partial charge is 0.416 e. The minimum Gasteiger partial charge on any atom is -0.324 e. The normalized spacial score (nSPS) is 14.7. The maximum Gasteiger partial charge on any atom is 0.416 e. The van der Waals surface area contributed by atoms with Crippen LogP contribution in [0.2, 0.25) is 0 Å². The Labute approximate surface area is 108 Å². The van der Waals surface area contributed by atoms with E-state index in [4.69, 9.17) is 5.73 Å². The Bertz CT molecular complexity index is 462. The van der Waals surface area contributed by atoms with Gasteiger partial charge in [-0.2, -0.15) is 26.3 Å². The fraction of sp³-hybridized carbons (Fsp3) is 0.455. The van der Waals surface area contributed by atoms with E-state index < -0.39 is 47.9 Å². The van der Waals surface area contributed by atoms with Crippen molar-refractivity contribution in [2.75, 3.05) is 0 Å². The Morgan fingerprint density at radius 3 is 1.90 bits per heavy atom. The molecule has 0 amide bonds. The van der Waals surface area contributed by atoms with Crippen molar-refractivity contribution in [3.8, 4) is 0 Å². The Morgan fingerprint density at radius 1 is 0.950 bits per heavy atom. The average Bonchev–Trinajstić information content (AvgIpc) is 2.24. The first-order valence-corrected chi connectivity index (χ1v) is 5.25. The topological polar surface area (TPSA) is 26.0 Å². The summed E-state index contributed by atoms with van der Waals surface area (Å²) < 4.78 is 99.6. The van der Waals surface area contributed by atoms with Gasteiger partial charge in [0.05, 0.1) is 11.1 Å². The Kier molecular flexibility index (Phi) is 4.62. The molecule has 1 aromatic rings. The lowest BCUT2D eigenvalue weighted by molar-refractivity contribution is -0.142. The van der Waals surface area contributed by atoms with Gasteiger partial charge in [-0.15, -0.1) is 0 Å². The van der Waals surface area contributed by atoms with Crippen molar-refractivity contribution < 1.29 is 35.1 Å². The van der Waals surface area contributed by atoms with E-state index in [-0.39, 0.29) is 18.2 Å². The van der Waals surface area contributed by atoms with E-state index in [2.05, 4.69) is 0 Å². The summed E-state index contributed by atoms with van der Waals surface area (Å²) >= 11 is 0. The van der Waals surface area contributed by atoms with Gasteiger partial charge in [0, 0.05) is 12.5 Å². The predicted molar refractivity (Wildman–Crippen MR) is 54.0 cm³/mol. The van der Waals surface area contributed by atoms with Gasteiger partial charge in [-0.1, -0.05) is 0 Å². The lowest BCUT2D eigenvalue weighted by Crippen LogP contribution is -2.21. The minimum absolute atomic E-state index is 0.163. The van der Waals surface area contributed by atoms with Gasteiger partial charge >= 0.3 is 12.4 Å². The van der Waals surface area contributed by atoms with Crippen molar-refractivity contribution >= 4 is 0 Å². The molecule has 0 radical (unpaired) electrons. The minimum atomic E-state index is -4.97. The predicted octanol–water partition coefficient (Wildman–Crippen LogP) is 4.38. The van der Waals surface area contributed by atoms with E-state index in [1.807, 2.05) is 0 Å². The van der Waals surface area contributed by atoms with E-state index in [0.29, 0.717) is 0 Å². The van der Waals surface area contributed by atoms with Crippen molar-refractivity contribution in [1.29, 1.82) is 0 Å². The molecule has 0 bridgehead atoms. The van der Waals surface area contributed by atoms with Gasteiger partial charge in [-0.05, 0) is 23.8 Å². The molecule has 0 aliphatic rings. The third kappa shape index (κ3) is 4.06. The molecule has 0 aliphatic heterocycles. The number of hydrogen-bond acceptors (Lipinski definition) is 1. The van der Waals surface area contributed by atoms with Crippen LogP contribution >= 0.6 is 0 Å². The van der Waals surface area contributed by atoms with Crippen LogP contribution in [0.1, 0.15) is 29.2 Å². The van der Waals surface area contributed by atoms with Crippen LogP contribution in [0.25, 0.3) is 0 Å². The molecule has 0 aliphatic carbocycles. The van der Waals surface area contributed by atoms with Crippen LogP contribution in [0.4, 0.5) is 35.1 Å². The van der Waals surface area contributed by atoms with E-state index in [0.717, 1.165) is 0 Å². The summed E-state index contributed by atoms with van der Waals surface area (Å²) in [7, 11) is 0. The summed E-state index contributed by atoms with van der Waals surface area (Å²) in [4.78, 5) is 0. The Hall–Kier alpha value is -1.38.